The predicted molar refractivity (Wildman–Crippen MR) is 70.9 cm³/mol. The highest BCUT2D eigenvalue weighted by molar-refractivity contribution is 7.98. The fraction of sp³-hybridized carbons (Fsp3) is 0.917. The first-order valence-corrected chi connectivity index (χ1v) is 7.62. The third kappa shape index (κ3) is 3.67. The van der Waals surface area contributed by atoms with Crippen LogP contribution in [0.3, 0.4) is 0 Å². The zero-order chi connectivity index (χ0) is 12.0. The average molecular weight is 244 g/mol. The second kappa shape index (κ2) is 7.17. The summed E-state index contributed by atoms with van der Waals surface area (Å²) < 4.78 is 0. The fourth-order valence-corrected chi connectivity index (χ4v) is 2.79. The Labute approximate surface area is 103 Å². The number of likely N-dealkylation sites (tertiary alicyclic amines) is 1. The van der Waals surface area contributed by atoms with E-state index < -0.39 is 0 Å². The Kier molecular flexibility index (Phi) is 6.21. The fourth-order valence-electron chi connectivity index (χ4n) is 2.22. The van der Waals surface area contributed by atoms with E-state index >= 15 is 0 Å². The molecule has 4 heteroatoms. The van der Waals surface area contributed by atoms with Crippen molar-refractivity contribution in [3.05, 3.63) is 0 Å². The molecule has 2 unspecified atom stereocenters. The molecule has 2 atom stereocenters. The van der Waals surface area contributed by atoms with Crippen molar-refractivity contribution in [3.63, 3.8) is 0 Å². The summed E-state index contributed by atoms with van der Waals surface area (Å²) >= 11 is 1.85. The largest absolute Gasteiger partial charge is 0.339 e. The van der Waals surface area contributed by atoms with Crippen molar-refractivity contribution in [2.45, 2.75) is 45.2 Å². The summed E-state index contributed by atoms with van der Waals surface area (Å²) in [6.45, 7) is 6.05. The Bertz CT molecular complexity index is 221. The summed E-state index contributed by atoms with van der Waals surface area (Å²) in [5, 5.41) is 3.28. The number of nitrogens with one attached hydrogen (secondary N) is 1. The molecule has 1 fully saturated rings. The van der Waals surface area contributed by atoms with Gasteiger partial charge in [0.05, 0.1) is 6.04 Å². The zero-order valence-electron chi connectivity index (χ0n) is 10.7. The molecule has 0 radical (unpaired) electrons. The van der Waals surface area contributed by atoms with Crippen molar-refractivity contribution in [2.24, 2.45) is 0 Å². The zero-order valence-corrected chi connectivity index (χ0v) is 11.5. The Balaban J connectivity index is 2.48. The van der Waals surface area contributed by atoms with E-state index in [1.807, 2.05) is 11.8 Å². The minimum atomic E-state index is 0.0653. The van der Waals surface area contributed by atoms with E-state index in [1.54, 1.807) is 0 Å². The van der Waals surface area contributed by atoms with Gasteiger partial charge in [-0.15, -0.1) is 0 Å². The molecule has 0 spiro atoms. The number of carbonyl (C=O) groups excluding carboxylic acids is 1. The Morgan fingerprint density at radius 1 is 1.62 bits per heavy atom. The number of carbonyl (C=O) groups is 1. The first-order valence-electron chi connectivity index (χ1n) is 6.23. The lowest BCUT2D eigenvalue weighted by Gasteiger charge is -2.36. The van der Waals surface area contributed by atoms with Gasteiger partial charge in [0.25, 0.3) is 0 Å². The second-order valence-corrected chi connectivity index (χ2v) is 5.40. The highest BCUT2D eigenvalue weighted by Crippen LogP contribution is 2.17. The monoisotopic (exact) mass is 244 g/mol. The summed E-state index contributed by atoms with van der Waals surface area (Å²) in [6, 6.07) is 0.455. The first kappa shape index (κ1) is 13.8. The highest BCUT2D eigenvalue weighted by Gasteiger charge is 2.30. The summed E-state index contributed by atoms with van der Waals surface area (Å²) in [4.78, 5) is 14.2. The minimum Gasteiger partial charge on any atom is -0.339 e. The van der Waals surface area contributed by atoms with Crippen LogP contribution in [0.2, 0.25) is 0 Å². The molecule has 1 saturated heterocycles. The molecule has 0 saturated carbocycles. The quantitative estimate of drug-likeness (QED) is 0.772. The Hall–Kier alpha value is -0.220. The SMILES string of the molecule is CCNC1CCCN(C(C)CCSC)C1=O. The Morgan fingerprint density at radius 2 is 2.38 bits per heavy atom. The number of hydrogen-bond donors (Lipinski definition) is 1. The predicted octanol–water partition coefficient (Wildman–Crippen LogP) is 1.73. The van der Waals surface area contributed by atoms with Crippen LogP contribution in [-0.4, -0.2) is 48.0 Å². The lowest BCUT2D eigenvalue weighted by atomic mass is 10.0. The molecule has 1 heterocycles. The van der Waals surface area contributed by atoms with Gasteiger partial charge in [-0.05, 0) is 44.7 Å². The van der Waals surface area contributed by atoms with Crippen LogP contribution in [0.25, 0.3) is 0 Å². The molecular weight excluding hydrogens is 220 g/mol. The summed E-state index contributed by atoms with van der Waals surface area (Å²) in [7, 11) is 0. The summed E-state index contributed by atoms with van der Waals surface area (Å²) in [5.41, 5.74) is 0. The van der Waals surface area contributed by atoms with E-state index in [4.69, 9.17) is 0 Å². The van der Waals surface area contributed by atoms with Crippen molar-refractivity contribution >= 4 is 17.7 Å². The lowest BCUT2D eigenvalue weighted by Crippen LogP contribution is -2.53. The van der Waals surface area contributed by atoms with Gasteiger partial charge >= 0.3 is 0 Å². The third-order valence-electron chi connectivity index (χ3n) is 3.20. The molecule has 0 aromatic rings. The van der Waals surface area contributed by atoms with Gasteiger partial charge in [0, 0.05) is 12.6 Å². The lowest BCUT2D eigenvalue weighted by molar-refractivity contribution is -0.138. The number of nitrogens with zero attached hydrogens (tertiary/aromatic N) is 1. The number of likely N-dealkylation sites (N-methyl/N-ethyl adjacent to an activating group) is 1. The maximum Gasteiger partial charge on any atom is 0.239 e. The third-order valence-corrected chi connectivity index (χ3v) is 3.84. The van der Waals surface area contributed by atoms with Gasteiger partial charge in [0.15, 0.2) is 0 Å². The number of amides is 1. The normalized spacial score (nSPS) is 23.6. The van der Waals surface area contributed by atoms with Crippen molar-refractivity contribution < 1.29 is 4.79 Å². The molecule has 0 aromatic carbocycles. The van der Waals surface area contributed by atoms with E-state index in [0.717, 1.165) is 38.1 Å². The number of rotatable bonds is 6. The van der Waals surface area contributed by atoms with E-state index in [9.17, 15) is 4.79 Å². The number of piperidine rings is 1. The molecule has 94 valence electrons. The van der Waals surface area contributed by atoms with Gasteiger partial charge in [-0.25, -0.2) is 0 Å². The molecule has 16 heavy (non-hydrogen) atoms. The van der Waals surface area contributed by atoms with E-state index in [2.05, 4.69) is 30.3 Å². The smallest absolute Gasteiger partial charge is 0.239 e. The number of hydrogen-bond acceptors (Lipinski definition) is 3. The van der Waals surface area contributed by atoms with Crippen LogP contribution in [0, 0.1) is 0 Å². The van der Waals surface area contributed by atoms with Crippen LogP contribution in [0.1, 0.15) is 33.1 Å². The Morgan fingerprint density at radius 3 is 3.00 bits per heavy atom. The molecule has 3 nitrogen and oxygen atoms in total. The van der Waals surface area contributed by atoms with Crippen LogP contribution < -0.4 is 5.32 Å². The van der Waals surface area contributed by atoms with Gasteiger partial charge in [-0.1, -0.05) is 6.92 Å². The molecule has 1 rings (SSSR count). The number of thioether (sulfide) groups is 1. The minimum absolute atomic E-state index is 0.0653. The molecule has 1 aliphatic rings. The van der Waals surface area contributed by atoms with Gasteiger partial charge in [-0.3, -0.25) is 4.79 Å². The molecule has 1 aliphatic heterocycles. The average Bonchev–Trinajstić information content (AvgIpc) is 2.29. The van der Waals surface area contributed by atoms with Gasteiger partial charge < -0.3 is 10.2 Å². The molecule has 0 aliphatic carbocycles. The first-order chi connectivity index (χ1) is 7.70. The van der Waals surface area contributed by atoms with Crippen LogP contribution in [-0.2, 0) is 4.79 Å². The van der Waals surface area contributed by atoms with Crippen molar-refractivity contribution in [3.8, 4) is 0 Å². The molecule has 1 N–H and O–H groups in total. The standard InChI is InChI=1S/C12H24N2OS/c1-4-13-11-6-5-8-14(12(11)15)10(2)7-9-16-3/h10-11,13H,4-9H2,1-3H3. The van der Waals surface area contributed by atoms with Gasteiger partial charge in [-0.2, -0.15) is 11.8 Å². The van der Waals surface area contributed by atoms with Gasteiger partial charge in [0.1, 0.15) is 0 Å². The maximum atomic E-state index is 12.2. The molecular formula is C12H24N2OS. The second-order valence-electron chi connectivity index (χ2n) is 4.41. The maximum absolute atomic E-state index is 12.2. The molecule has 0 aromatic heterocycles. The van der Waals surface area contributed by atoms with Gasteiger partial charge in [0.2, 0.25) is 5.91 Å². The van der Waals surface area contributed by atoms with Crippen molar-refractivity contribution in [1.29, 1.82) is 0 Å². The van der Waals surface area contributed by atoms with E-state index in [0.29, 0.717) is 11.9 Å². The highest BCUT2D eigenvalue weighted by atomic mass is 32.2. The van der Waals surface area contributed by atoms with Crippen LogP contribution in [0.15, 0.2) is 0 Å². The van der Waals surface area contributed by atoms with Crippen LogP contribution >= 0.6 is 11.8 Å². The summed E-state index contributed by atoms with van der Waals surface area (Å²) in [6.07, 6.45) is 5.35. The van der Waals surface area contributed by atoms with E-state index in [1.165, 1.54) is 0 Å². The van der Waals surface area contributed by atoms with Crippen molar-refractivity contribution in [2.75, 3.05) is 25.1 Å². The van der Waals surface area contributed by atoms with E-state index in [-0.39, 0.29) is 6.04 Å². The van der Waals surface area contributed by atoms with Crippen molar-refractivity contribution in [1.82, 2.24) is 10.2 Å². The summed E-state index contributed by atoms with van der Waals surface area (Å²) in [5.74, 6) is 1.44. The topological polar surface area (TPSA) is 32.3 Å². The molecule has 1 amide bonds. The molecule has 0 bridgehead atoms. The van der Waals surface area contributed by atoms with Crippen LogP contribution in [0.4, 0.5) is 0 Å². The van der Waals surface area contributed by atoms with Crippen LogP contribution in [0.5, 0.6) is 0 Å².